The van der Waals surface area contributed by atoms with Gasteiger partial charge in [0.15, 0.2) is 0 Å². The molecule has 0 saturated carbocycles. The molecule has 0 aliphatic heterocycles. The fraction of sp³-hybridized carbons (Fsp3) is 0.217. The van der Waals surface area contributed by atoms with Crippen molar-refractivity contribution in [2.24, 2.45) is 0 Å². The van der Waals surface area contributed by atoms with Crippen LogP contribution in [0.1, 0.15) is 26.4 Å². The molecule has 2 radical (unpaired) electrons. The van der Waals surface area contributed by atoms with Crippen molar-refractivity contribution in [2.45, 2.75) is 18.7 Å². The average molecular weight is 505 g/mol. The minimum absolute atomic E-state index is 0. The number of carboxylic acids is 1. The molecule has 0 bridgehead atoms. The Kier molecular flexibility index (Phi) is 8.10. The SMILES string of the molecule is Cc1c(-c2cccc(C(=O)N(C)C)c2)c2cc(C(=O)O)ccc2n1CC(F)=CC[As].Cl. The molecule has 1 amide bonds. The van der Waals surface area contributed by atoms with E-state index in [4.69, 9.17) is 0 Å². The van der Waals surface area contributed by atoms with E-state index in [-0.39, 0.29) is 36.2 Å². The number of hydrogen-bond donors (Lipinski definition) is 1. The molecule has 1 heterocycles. The van der Waals surface area contributed by atoms with E-state index in [0.29, 0.717) is 16.2 Å². The van der Waals surface area contributed by atoms with E-state index in [2.05, 4.69) is 16.9 Å². The number of carbonyl (C=O) groups is 2. The number of nitrogens with zero attached hydrogens (tertiary/aromatic N) is 2. The number of halogens is 2. The summed E-state index contributed by atoms with van der Waals surface area (Å²) in [6, 6.07) is 12.0. The fourth-order valence-corrected chi connectivity index (χ4v) is 3.98. The average Bonchev–Trinajstić information content (AvgIpc) is 2.98. The summed E-state index contributed by atoms with van der Waals surface area (Å²) in [5.74, 6) is -1.42. The molecule has 162 valence electrons. The zero-order valence-corrected chi connectivity index (χ0v) is 20.1. The van der Waals surface area contributed by atoms with Gasteiger partial charge in [0.2, 0.25) is 0 Å². The molecule has 8 heteroatoms. The predicted octanol–water partition coefficient (Wildman–Crippen LogP) is 4.88. The van der Waals surface area contributed by atoms with Crippen LogP contribution in [0.5, 0.6) is 0 Å². The van der Waals surface area contributed by atoms with Crippen LogP contribution in [0.15, 0.2) is 54.4 Å². The first-order valence-corrected chi connectivity index (χ1v) is 10.7. The van der Waals surface area contributed by atoms with E-state index in [9.17, 15) is 19.1 Å². The number of aromatic nitrogens is 1. The van der Waals surface area contributed by atoms with Gasteiger partial charge >= 0.3 is 169 Å². The number of benzene rings is 2. The largest absolute Gasteiger partial charge is 0.147 e. The number of fused-ring (bicyclic) bond motifs is 1. The maximum absolute atomic E-state index is 14.4. The van der Waals surface area contributed by atoms with Crippen LogP contribution < -0.4 is 0 Å². The standard InChI is InChI=1S/C23H22AsFN2O3.ClH/c1-14-21(15-5-4-6-16(11-15)22(28)26(2)3)19-12-17(23(29)30)7-8-20(19)27(14)13-18(25)9-10-24;/h4-9,11-12H,10,13H2,1-3H3,(H,29,30);1H. The molecular formula is C23H23AsClFN2O3. The number of allylic oxidation sites excluding steroid dienone is 2. The van der Waals surface area contributed by atoms with Gasteiger partial charge in [-0.1, -0.05) is 0 Å². The van der Waals surface area contributed by atoms with Crippen molar-refractivity contribution in [2.75, 3.05) is 14.1 Å². The van der Waals surface area contributed by atoms with E-state index in [0.717, 1.165) is 22.3 Å². The van der Waals surface area contributed by atoms with Crippen LogP contribution in [0.2, 0.25) is 5.21 Å². The molecule has 5 nitrogen and oxygen atoms in total. The molecular weight excluding hydrogens is 482 g/mol. The molecule has 0 fully saturated rings. The number of aromatic carboxylic acids is 1. The van der Waals surface area contributed by atoms with Crippen LogP contribution in [0, 0.1) is 6.92 Å². The van der Waals surface area contributed by atoms with Gasteiger partial charge in [-0.05, 0) is 0 Å². The van der Waals surface area contributed by atoms with Crippen LogP contribution >= 0.6 is 12.4 Å². The molecule has 3 aromatic rings. The van der Waals surface area contributed by atoms with Crippen molar-refractivity contribution >= 4 is 52.0 Å². The Bertz CT molecular complexity index is 1170. The van der Waals surface area contributed by atoms with Gasteiger partial charge in [0.25, 0.3) is 0 Å². The smallest absolute Gasteiger partial charge is 0.147 e. The van der Waals surface area contributed by atoms with E-state index >= 15 is 0 Å². The van der Waals surface area contributed by atoms with Gasteiger partial charge in [-0.3, -0.25) is 0 Å². The second kappa shape index (κ2) is 10.2. The van der Waals surface area contributed by atoms with Crippen LogP contribution in [0.25, 0.3) is 22.0 Å². The maximum atomic E-state index is 14.4. The van der Waals surface area contributed by atoms with Gasteiger partial charge in [-0.25, -0.2) is 0 Å². The summed E-state index contributed by atoms with van der Waals surface area (Å²) in [7, 11) is 3.37. The van der Waals surface area contributed by atoms with Crippen LogP contribution in [0.4, 0.5) is 4.39 Å². The van der Waals surface area contributed by atoms with Gasteiger partial charge < -0.3 is 0 Å². The third kappa shape index (κ3) is 5.03. The Morgan fingerprint density at radius 2 is 1.87 bits per heavy atom. The van der Waals surface area contributed by atoms with E-state index in [1.54, 1.807) is 44.4 Å². The van der Waals surface area contributed by atoms with Crippen molar-refractivity contribution in [3.05, 3.63) is 71.2 Å². The number of carbonyl (C=O) groups excluding carboxylic acids is 1. The van der Waals surface area contributed by atoms with Crippen LogP contribution in [0.3, 0.4) is 0 Å². The van der Waals surface area contributed by atoms with Gasteiger partial charge in [-0.2, -0.15) is 0 Å². The van der Waals surface area contributed by atoms with Gasteiger partial charge in [0, 0.05) is 14.1 Å². The second-order valence-corrected chi connectivity index (χ2v) is 7.96. The molecule has 0 saturated heterocycles. The molecule has 0 aliphatic rings. The number of rotatable bonds is 6. The van der Waals surface area contributed by atoms with Crippen LogP contribution in [-0.4, -0.2) is 57.4 Å². The predicted molar refractivity (Wildman–Crippen MR) is 124 cm³/mol. The zero-order valence-electron chi connectivity index (χ0n) is 17.4. The molecule has 3 rings (SSSR count). The van der Waals surface area contributed by atoms with E-state index in [1.807, 2.05) is 17.6 Å². The molecule has 0 aliphatic carbocycles. The number of amides is 1. The Labute approximate surface area is 195 Å². The molecule has 1 N–H and O–H groups in total. The number of hydrogen-bond acceptors (Lipinski definition) is 2. The van der Waals surface area contributed by atoms with Crippen molar-refractivity contribution in [1.82, 2.24) is 9.47 Å². The summed E-state index contributed by atoms with van der Waals surface area (Å²) in [6.45, 7) is 1.94. The summed E-state index contributed by atoms with van der Waals surface area (Å²) < 4.78 is 16.2. The monoisotopic (exact) mass is 504 g/mol. The normalized spacial score (nSPS) is 11.3. The number of carboxylic acid groups (broad SMARTS) is 1. The molecule has 0 atom stereocenters. The second-order valence-electron chi connectivity index (χ2n) is 7.20. The summed E-state index contributed by atoms with van der Waals surface area (Å²) >= 11 is 2.32. The third-order valence-electron chi connectivity index (χ3n) is 5.00. The van der Waals surface area contributed by atoms with E-state index < -0.39 is 5.97 Å². The van der Waals surface area contributed by atoms with Crippen LogP contribution in [-0.2, 0) is 6.54 Å². The molecule has 0 unspecified atom stereocenters. The Hall–Kier alpha value is -2.56. The quantitative estimate of drug-likeness (QED) is 0.487. The fourth-order valence-electron chi connectivity index (χ4n) is 3.56. The molecule has 2 aromatic carbocycles. The maximum Gasteiger partial charge on any atom is -0.147 e. The first-order valence-electron chi connectivity index (χ1n) is 9.38. The summed E-state index contributed by atoms with van der Waals surface area (Å²) in [5.41, 5.74) is 3.80. The first kappa shape index (κ1) is 24.7. The third-order valence-corrected chi connectivity index (χ3v) is 5.38. The Morgan fingerprint density at radius 3 is 2.48 bits per heavy atom. The molecule has 1 aromatic heterocycles. The topological polar surface area (TPSA) is 62.5 Å². The van der Waals surface area contributed by atoms with Gasteiger partial charge in [0.1, 0.15) is 0 Å². The van der Waals surface area contributed by atoms with Crippen molar-refractivity contribution < 1.29 is 19.1 Å². The minimum atomic E-state index is -1.03. The Morgan fingerprint density at radius 1 is 1.16 bits per heavy atom. The van der Waals surface area contributed by atoms with Crippen molar-refractivity contribution in [3.8, 4) is 11.1 Å². The van der Waals surface area contributed by atoms with Crippen molar-refractivity contribution in [3.63, 3.8) is 0 Å². The molecule has 0 spiro atoms. The van der Waals surface area contributed by atoms with Gasteiger partial charge in [-0.15, -0.1) is 12.4 Å². The first-order chi connectivity index (χ1) is 14.2. The summed E-state index contributed by atoms with van der Waals surface area (Å²) in [5, 5.41) is 10.7. The zero-order chi connectivity index (χ0) is 22.0. The van der Waals surface area contributed by atoms with Gasteiger partial charge in [0.05, 0.1) is 0 Å². The summed E-state index contributed by atoms with van der Waals surface area (Å²) in [4.78, 5) is 25.5. The minimum Gasteiger partial charge on any atom is -0.147 e. The Balaban J connectivity index is 0.00000341. The van der Waals surface area contributed by atoms with Crippen molar-refractivity contribution in [1.29, 1.82) is 0 Å². The molecule has 31 heavy (non-hydrogen) atoms. The van der Waals surface area contributed by atoms with E-state index in [1.165, 1.54) is 17.0 Å². The summed E-state index contributed by atoms with van der Waals surface area (Å²) in [6.07, 6.45) is 1.51.